The van der Waals surface area contributed by atoms with Crippen LogP contribution in [0.3, 0.4) is 0 Å². The fraction of sp³-hybridized carbons (Fsp3) is 0.178. The lowest BCUT2D eigenvalue weighted by molar-refractivity contribution is -0.137. The van der Waals surface area contributed by atoms with Crippen LogP contribution in [0.4, 0.5) is 13.2 Å². The van der Waals surface area contributed by atoms with Crippen LogP contribution in [0.15, 0.2) is 152 Å². The highest BCUT2D eigenvalue weighted by atomic mass is 19.4. The molecule has 0 fully saturated rings. The van der Waals surface area contributed by atoms with Gasteiger partial charge in [0.25, 0.3) is 0 Å². The van der Waals surface area contributed by atoms with E-state index >= 15 is 13.2 Å². The Morgan fingerprint density at radius 1 is 0.375 bits per heavy atom. The number of rotatable bonds is 7. The summed E-state index contributed by atoms with van der Waals surface area (Å²) < 4.78 is 50.0. The molecule has 0 atom stereocenters. The smallest absolute Gasteiger partial charge is 0.307 e. The molecule has 0 bridgehead atoms. The number of pyridine rings is 1. The molecular weight excluding hydrogens is 990 g/mol. The zero-order valence-electron chi connectivity index (χ0n) is 47.4. The number of benzene rings is 9. The summed E-state index contributed by atoms with van der Waals surface area (Å²) >= 11 is 0. The fourth-order valence-electron chi connectivity index (χ4n) is 13.7. The lowest BCUT2D eigenvalue weighted by Crippen LogP contribution is -2.07. The number of nitriles is 1. The minimum Gasteiger partial charge on any atom is -0.307 e. The molecule has 0 aliphatic carbocycles. The van der Waals surface area contributed by atoms with Crippen molar-refractivity contribution in [3.05, 3.63) is 230 Å². The molecule has 0 spiro atoms. The molecule has 0 aliphatic heterocycles. The Hall–Kier alpha value is -8.99. The standard InChI is InChI=1S/C73H61F3N4/c1-39-21-43(5)69(44(6)22-39)52-13-17-58-59-18-14-53(70-45(7)23-40(2)24-46(70)8)33-64(59)79(63(58)32-52)67-38-78-68(36-62(67)56-29-51(37-77)30-57(31-56)73(74,75)76)80-65-34-54(71-47(9)25-41(3)26-48(71)10)15-19-60(65)61-20-16-55(35-66(61)80)72-49(11)27-42(4)28-50(72)12/h13-36,38H,1-12H3. The number of halogens is 3. The largest absolute Gasteiger partial charge is 0.416 e. The van der Waals surface area contributed by atoms with E-state index in [-0.39, 0.29) is 11.1 Å². The van der Waals surface area contributed by atoms with Crippen molar-refractivity contribution in [3.8, 4) is 73.2 Å². The molecule has 4 nitrogen and oxygen atoms in total. The maximum Gasteiger partial charge on any atom is 0.416 e. The van der Waals surface area contributed by atoms with Crippen LogP contribution in [0.1, 0.15) is 77.9 Å². The fourth-order valence-corrected chi connectivity index (χ4v) is 13.7. The van der Waals surface area contributed by atoms with Crippen molar-refractivity contribution in [1.82, 2.24) is 14.1 Å². The Labute approximate surface area is 466 Å². The van der Waals surface area contributed by atoms with Gasteiger partial charge in [0.2, 0.25) is 0 Å². The highest BCUT2D eigenvalue weighted by Gasteiger charge is 2.32. The second-order valence-corrected chi connectivity index (χ2v) is 22.7. The number of aryl methyl sites for hydroxylation is 12. The molecule has 394 valence electrons. The number of hydrogen-bond acceptors (Lipinski definition) is 2. The Bertz CT molecular complexity index is 4350. The lowest BCUT2D eigenvalue weighted by atomic mass is 9.92. The van der Waals surface area contributed by atoms with Gasteiger partial charge in [-0.15, -0.1) is 0 Å². The molecule has 3 heterocycles. The Morgan fingerprint density at radius 3 is 1.01 bits per heavy atom. The topological polar surface area (TPSA) is 46.5 Å². The predicted molar refractivity (Wildman–Crippen MR) is 327 cm³/mol. The van der Waals surface area contributed by atoms with Gasteiger partial charge in [-0.3, -0.25) is 4.57 Å². The molecule has 0 N–H and O–H groups in total. The molecule has 0 saturated heterocycles. The molecule has 0 aliphatic rings. The summed E-state index contributed by atoms with van der Waals surface area (Å²) in [6, 6.07) is 51.7. The first-order valence-electron chi connectivity index (χ1n) is 27.3. The van der Waals surface area contributed by atoms with Crippen molar-refractivity contribution >= 4 is 43.6 Å². The third-order valence-corrected chi connectivity index (χ3v) is 16.4. The molecule has 7 heteroatoms. The van der Waals surface area contributed by atoms with E-state index in [1.54, 1.807) is 6.07 Å². The summed E-state index contributed by atoms with van der Waals surface area (Å²) in [5.74, 6) is 0.516. The van der Waals surface area contributed by atoms with Crippen LogP contribution in [0.2, 0.25) is 0 Å². The summed E-state index contributed by atoms with van der Waals surface area (Å²) in [6.07, 6.45) is -2.91. The minimum absolute atomic E-state index is 0.0969. The van der Waals surface area contributed by atoms with Gasteiger partial charge in [0.1, 0.15) is 5.82 Å². The first-order chi connectivity index (χ1) is 38.1. The summed E-state index contributed by atoms with van der Waals surface area (Å²) in [5, 5.41) is 14.5. The van der Waals surface area contributed by atoms with Crippen LogP contribution in [0.25, 0.3) is 111 Å². The quantitative estimate of drug-likeness (QED) is 0.160. The molecule has 3 aromatic heterocycles. The van der Waals surface area contributed by atoms with Gasteiger partial charge in [-0.1, -0.05) is 119 Å². The third kappa shape index (κ3) is 8.66. The molecule has 12 aromatic rings. The first-order valence-corrected chi connectivity index (χ1v) is 27.3. The van der Waals surface area contributed by atoms with Crippen LogP contribution >= 0.6 is 0 Å². The molecule has 0 amide bonds. The van der Waals surface area contributed by atoms with E-state index in [1.165, 1.54) is 28.3 Å². The average molecular weight is 1050 g/mol. The second-order valence-electron chi connectivity index (χ2n) is 22.7. The van der Waals surface area contributed by atoms with Gasteiger partial charge < -0.3 is 4.57 Å². The van der Waals surface area contributed by atoms with Gasteiger partial charge >= 0.3 is 6.18 Å². The first kappa shape index (κ1) is 51.7. The van der Waals surface area contributed by atoms with Crippen LogP contribution < -0.4 is 0 Å². The Kier molecular flexibility index (Phi) is 12.4. The summed E-state index contributed by atoms with van der Waals surface area (Å²) in [6.45, 7) is 25.6. The number of alkyl halides is 3. The zero-order chi connectivity index (χ0) is 56.4. The lowest BCUT2D eigenvalue weighted by Gasteiger charge is -2.19. The monoisotopic (exact) mass is 1050 g/mol. The number of nitrogens with zero attached hydrogens (tertiary/aromatic N) is 4. The summed E-state index contributed by atoms with van der Waals surface area (Å²) in [4.78, 5) is 5.48. The predicted octanol–water partition coefficient (Wildman–Crippen LogP) is 20.2. The van der Waals surface area contributed by atoms with Crippen molar-refractivity contribution in [3.63, 3.8) is 0 Å². The maximum absolute atomic E-state index is 15.2. The van der Waals surface area contributed by atoms with Crippen LogP contribution in [-0.2, 0) is 6.18 Å². The van der Waals surface area contributed by atoms with Gasteiger partial charge in [0, 0.05) is 27.1 Å². The van der Waals surface area contributed by atoms with Crippen LogP contribution in [-0.4, -0.2) is 14.1 Å². The highest BCUT2D eigenvalue weighted by molar-refractivity contribution is 6.13. The van der Waals surface area contributed by atoms with Gasteiger partial charge in [-0.2, -0.15) is 18.4 Å². The number of hydrogen-bond donors (Lipinski definition) is 0. The van der Waals surface area contributed by atoms with E-state index in [0.29, 0.717) is 17.1 Å². The molecule has 0 saturated carbocycles. The molecular formula is C73H61F3N4. The maximum atomic E-state index is 15.2. The van der Waals surface area contributed by atoms with Crippen molar-refractivity contribution in [2.24, 2.45) is 0 Å². The van der Waals surface area contributed by atoms with E-state index in [9.17, 15) is 5.26 Å². The van der Waals surface area contributed by atoms with Crippen molar-refractivity contribution < 1.29 is 13.2 Å². The SMILES string of the molecule is Cc1cc(C)c(-c2ccc3c4ccc(-c5c(C)cc(C)cc5C)cc4n(-c4cc(-c5cc(C#N)cc(C(F)(F)F)c5)c(-n5c6cc(-c7c(C)cc(C)cc7C)ccc6c6ccc(-c7c(C)cc(C)cc7C)cc65)cn4)c3c2)c(C)c1. The summed E-state index contributed by atoms with van der Waals surface area (Å²) in [5.41, 5.74) is 26.5. The minimum atomic E-state index is -4.74. The van der Waals surface area contributed by atoms with Gasteiger partial charge in [0.05, 0.1) is 51.1 Å². The van der Waals surface area contributed by atoms with E-state index in [4.69, 9.17) is 4.98 Å². The molecule has 9 aromatic carbocycles. The van der Waals surface area contributed by atoms with E-state index in [2.05, 4.69) is 220 Å². The van der Waals surface area contributed by atoms with Crippen LogP contribution in [0.5, 0.6) is 0 Å². The van der Waals surface area contributed by atoms with E-state index < -0.39 is 11.7 Å². The number of fused-ring (bicyclic) bond motifs is 6. The van der Waals surface area contributed by atoms with Gasteiger partial charge in [0.15, 0.2) is 0 Å². The normalized spacial score (nSPS) is 11.9. The molecule has 0 radical (unpaired) electrons. The highest BCUT2D eigenvalue weighted by Crippen LogP contribution is 2.45. The van der Waals surface area contributed by atoms with Crippen molar-refractivity contribution in [1.29, 1.82) is 5.26 Å². The van der Waals surface area contributed by atoms with E-state index in [1.807, 2.05) is 12.3 Å². The Balaban J connectivity index is 1.22. The molecule has 12 rings (SSSR count). The van der Waals surface area contributed by atoms with Crippen molar-refractivity contribution in [2.45, 2.75) is 89.3 Å². The Morgan fingerprint density at radius 2 is 0.700 bits per heavy atom. The van der Waals surface area contributed by atoms with Gasteiger partial charge in [-0.05, 0) is 226 Å². The second kappa shape index (κ2) is 19.1. The summed E-state index contributed by atoms with van der Waals surface area (Å²) in [7, 11) is 0. The van der Waals surface area contributed by atoms with Crippen molar-refractivity contribution in [2.75, 3.05) is 0 Å². The zero-order valence-corrected chi connectivity index (χ0v) is 47.4. The van der Waals surface area contributed by atoms with E-state index in [0.717, 1.165) is 139 Å². The van der Waals surface area contributed by atoms with Crippen LogP contribution in [0, 0.1) is 94.4 Å². The molecule has 80 heavy (non-hydrogen) atoms. The third-order valence-electron chi connectivity index (χ3n) is 16.4. The van der Waals surface area contributed by atoms with Gasteiger partial charge in [-0.25, -0.2) is 4.98 Å². The molecule has 0 unspecified atom stereocenters. The number of aromatic nitrogens is 3. The average Bonchev–Trinajstić information content (AvgIpc) is 3.92.